The van der Waals surface area contributed by atoms with Gasteiger partial charge in [0.1, 0.15) is 0 Å². The fourth-order valence-corrected chi connectivity index (χ4v) is 5.57. The lowest BCUT2D eigenvalue weighted by Gasteiger charge is -2.19. The Kier molecular flexibility index (Phi) is 5.72. The minimum atomic E-state index is -3.82. The number of halogens is 1. The third-order valence-electron chi connectivity index (χ3n) is 5.04. The van der Waals surface area contributed by atoms with Crippen LogP contribution in [0.5, 0.6) is 0 Å². The molecule has 0 spiro atoms. The molecule has 0 radical (unpaired) electrons. The normalized spacial score (nSPS) is 13.6. The minimum absolute atomic E-state index is 0.0602. The minimum Gasteiger partial charge on any atom is -0.322 e. The first-order valence-electron chi connectivity index (χ1n) is 9.41. The number of amides is 1. The summed E-state index contributed by atoms with van der Waals surface area (Å²) in [6, 6.07) is 16.2. The maximum atomic E-state index is 13.0. The summed E-state index contributed by atoms with van der Waals surface area (Å²) in [6.45, 7) is 0.264. The van der Waals surface area contributed by atoms with E-state index in [1.807, 2.05) is 0 Å². The van der Waals surface area contributed by atoms with E-state index in [4.69, 9.17) is 16.7 Å². The predicted molar refractivity (Wildman–Crippen MR) is 122 cm³/mol. The molecule has 3 N–H and O–H groups in total. The fraction of sp³-hybridized carbons (Fsp3) is 0.0952. The molecule has 0 aromatic heterocycles. The second kappa shape index (κ2) is 8.21. The molecule has 0 fully saturated rings. The molecule has 0 atom stereocenters. The standard InChI is InChI=1S/C21H18ClN3O5S2/c22-16-2-6-19(7-3-16)32(29,30)25-12-11-14-13-15(1-10-20(14)25)21(26)24-17-4-8-18(9-5-17)31(23,27)28/h1-10,13H,11-12H2,(H,24,26)(H2,23,27,28). The number of nitrogens with two attached hydrogens (primary N) is 1. The summed E-state index contributed by atoms with van der Waals surface area (Å²) in [5.74, 6) is -0.407. The Morgan fingerprint density at radius 3 is 2.16 bits per heavy atom. The first kappa shape index (κ1) is 22.3. The van der Waals surface area contributed by atoms with Crippen molar-refractivity contribution in [3.63, 3.8) is 0 Å². The third-order valence-corrected chi connectivity index (χ3v) is 8.05. The quantitative estimate of drug-likeness (QED) is 0.567. The van der Waals surface area contributed by atoms with Crippen LogP contribution in [0.4, 0.5) is 11.4 Å². The molecular formula is C21H18ClN3O5S2. The van der Waals surface area contributed by atoms with Gasteiger partial charge in [0.15, 0.2) is 0 Å². The van der Waals surface area contributed by atoms with Gasteiger partial charge in [0.25, 0.3) is 15.9 Å². The molecular weight excluding hydrogens is 474 g/mol. The summed E-state index contributed by atoms with van der Waals surface area (Å²) >= 11 is 5.86. The van der Waals surface area contributed by atoms with E-state index < -0.39 is 26.0 Å². The van der Waals surface area contributed by atoms with Crippen LogP contribution in [0.15, 0.2) is 76.5 Å². The highest BCUT2D eigenvalue weighted by Gasteiger charge is 2.31. The average molecular weight is 492 g/mol. The number of rotatable bonds is 5. The van der Waals surface area contributed by atoms with Gasteiger partial charge in [0, 0.05) is 22.8 Å². The molecule has 4 rings (SSSR count). The molecule has 1 aliphatic heterocycles. The SMILES string of the molecule is NS(=O)(=O)c1ccc(NC(=O)c2ccc3c(c2)CCN3S(=O)(=O)c2ccc(Cl)cc2)cc1. The summed E-state index contributed by atoms with van der Waals surface area (Å²) < 4.78 is 50.0. The van der Waals surface area contributed by atoms with Crippen molar-refractivity contribution < 1.29 is 21.6 Å². The van der Waals surface area contributed by atoms with Gasteiger partial charge in [-0.3, -0.25) is 9.10 Å². The number of hydrogen-bond donors (Lipinski definition) is 2. The lowest BCUT2D eigenvalue weighted by atomic mass is 10.1. The van der Waals surface area contributed by atoms with Crippen molar-refractivity contribution in [2.75, 3.05) is 16.2 Å². The molecule has 0 bridgehead atoms. The second-order valence-corrected chi connectivity index (χ2v) is 11.0. The van der Waals surface area contributed by atoms with Crippen LogP contribution in [0.1, 0.15) is 15.9 Å². The zero-order valence-electron chi connectivity index (χ0n) is 16.5. The van der Waals surface area contributed by atoms with E-state index in [0.29, 0.717) is 28.4 Å². The zero-order valence-corrected chi connectivity index (χ0v) is 18.9. The summed E-state index contributed by atoms with van der Waals surface area (Å²) in [5, 5.41) is 8.20. The molecule has 3 aromatic carbocycles. The number of sulfonamides is 2. The van der Waals surface area contributed by atoms with Gasteiger partial charge >= 0.3 is 0 Å². The lowest BCUT2D eigenvalue weighted by molar-refractivity contribution is 0.102. The van der Waals surface area contributed by atoms with E-state index >= 15 is 0 Å². The van der Waals surface area contributed by atoms with Crippen molar-refractivity contribution in [1.82, 2.24) is 0 Å². The summed E-state index contributed by atoms with van der Waals surface area (Å²) in [4.78, 5) is 12.7. The molecule has 0 saturated carbocycles. The molecule has 1 heterocycles. The molecule has 11 heteroatoms. The topological polar surface area (TPSA) is 127 Å². The number of carbonyl (C=O) groups is 1. The highest BCUT2D eigenvalue weighted by molar-refractivity contribution is 7.92. The Morgan fingerprint density at radius 2 is 1.53 bits per heavy atom. The summed E-state index contributed by atoms with van der Waals surface area (Å²) in [7, 11) is -7.57. The van der Waals surface area contributed by atoms with Crippen LogP contribution in [0.2, 0.25) is 5.02 Å². The van der Waals surface area contributed by atoms with Crippen LogP contribution in [-0.4, -0.2) is 29.3 Å². The first-order chi connectivity index (χ1) is 15.1. The van der Waals surface area contributed by atoms with Crippen LogP contribution in [0.25, 0.3) is 0 Å². The van der Waals surface area contributed by atoms with Crippen LogP contribution in [0, 0.1) is 0 Å². The molecule has 3 aromatic rings. The van der Waals surface area contributed by atoms with Crippen molar-refractivity contribution in [2.45, 2.75) is 16.2 Å². The van der Waals surface area contributed by atoms with Crippen LogP contribution >= 0.6 is 11.6 Å². The lowest BCUT2D eigenvalue weighted by Crippen LogP contribution is -2.29. The largest absolute Gasteiger partial charge is 0.322 e. The van der Waals surface area contributed by atoms with E-state index in [-0.39, 0.29) is 16.3 Å². The molecule has 1 amide bonds. The van der Waals surface area contributed by atoms with Gasteiger partial charge in [-0.25, -0.2) is 22.0 Å². The Hall–Kier alpha value is -2.92. The second-order valence-electron chi connectivity index (χ2n) is 7.15. The highest BCUT2D eigenvalue weighted by atomic mass is 35.5. The van der Waals surface area contributed by atoms with E-state index in [0.717, 1.165) is 5.56 Å². The Morgan fingerprint density at radius 1 is 0.906 bits per heavy atom. The molecule has 8 nitrogen and oxygen atoms in total. The van der Waals surface area contributed by atoms with Gasteiger partial charge in [-0.1, -0.05) is 11.6 Å². The number of primary sulfonamides is 1. The summed E-state index contributed by atoms with van der Waals surface area (Å²) in [5.41, 5.74) is 2.01. The number of benzene rings is 3. The number of carbonyl (C=O) groups excluding carboxylic acids is 1. The van der Waals surface area contributed by atoms with E-state index in [9.17, 15) is 21.6 Å². The van der Waals surface area contributed by atoms with Crippen molar-refractivity contribution >= 4 is 48.9 Å². The van der Waals surface area contributed by atoms with Gasteiger partial charge < -0.3 is 5.32 Å². The smallest absolute Gasteiger partial charge is 0.264 e. The van der Waals surface area contributed by atoms with E-state index in [1.54, 1.807) is 18.2 Å². The number of hydrogen-bond acceptors (Lipinski definition) is 5. The van der Waals surface area contributed by atoms with Crippen LogP contribution in [-0.2, 0) is 26.5 Å². The van der Waals surface area contributed by atoms with Gasteiger partial charge in [-0.15, -0.1) is 0 Å². The zero-order chi connectivity index (χ0) is 23.1. The molecule has 1 aliphatic rings. The monoisotopic (exact) mass is 491 g/mol. The Labute approximate surface area is 190 Å². The third kappa shape index (κ3) is 4.35. The number of fused-ring (bicyclic) bond motifs is 1. The van der Waals surface area contributed by atoms with Crippen LogP contribution in [0.3, 0.4) is 0 Å². The number of anilines is 2. The van der Waals surface area contributed by atoms with E-state index in [2.05, 4.69) is 5.32 Å². The molecule has 32 heavy (non-hydrogen) atoms. The Balaban J connectivity index is 1.54. The van der Waals surface area contributed by atoms with Gasteiger partial charge in [-0.05, 0) is 78.7 Å². The van der Waals surface area contributed by atoms with Crippen molar-refractivity contribution in [3.05, 3.63) is 82.9 Å². The van der Waals surface area contributed by atoms with Crippen molar-refractivity contribution in [1.29, 1.82) is 0 Å². The maximum absolute atomic E-state index is 13.0. The number of nitrogens with one attached hydrogen (secondary N) is 1. The molecule has 0 saturated heterocycles. The fourth-order valence-electron chi connectivity index (χ4n) is 3.43. The maximum Gasteiger partial charge on any atom is 0.264 e. The highest BCUT2D eigenvalue weighted by Crippen LogP contribution is 2.34. The summed E-state index contributed by atoms with van der Waals surface area (Å²) in [6.07, 6.45) is 0.465. The average Bonchev–Trinajstić information content (AvgIpc) is 3.18. The van der Waals surface area contributed by atoms with Gasteiger partial charge in [-0.2, -0.15) is 0 Å². The molecule has 166 valence electrons. The Bertz CT molecular complexity index is 1400. The predicted octanol–water partition coefficient (Wildman–Crippen LogP) is 2.99. The van der Waals surface area contributed by atoms with E-state index in [1.165, 1.54) is 52.8 Å². The van der Waals surface area contributed by atoms with Gasteiger partial charge in [0.05, 0.1) is 15.5 Å². The van der Waals surface area contributed by atoms with Gasteiger partial charge in [0.2, 0.25) is 10.0 Å². The van der Waals surface area contributed by atoms with Crippen molar-refractivity contribution in [2.24, 2.45) is 5.14 Å². The number of nitrogens with zero attached hydrogens (tertiary/aromatic N) is 1. The first-order valence-corrected chi connectivity index (χ1v) is 12.8. The molecule has 0 aliphatic carbocycles. The van der Waals surface area contributed by atoms with Crippen LogP contribution < -0.4 is 14.8 Å². The van der Waals surface area contributed by atoms with Crippen molar-refractivity contribution in [3.8, 4) is 0 Å². The molecule has 0 unspecified atom stereocenters.